The second kappa shape index (κ2) is 6.49. The number of benzene rings is 1. The molecule has 2 heterocycles. The van der Waals surface area contributed by atoms with Gasteiger partial charge in [-0.05, 0) is 23.6 Å². The van der Waals surface area contributed by atoms with Gasteiger partial charge in [-0.3, -0.25) is 14.1 Å². The van der Waals surface area contributed by atoms with Crippen LogP contribution in [0.5, 0.6) is 0 Å². The third-order valence-corrected chi connectivity index (χ3v) is 4.82. The van der Waals surface area contributed by atoms with Gasteiger partial charge in [0.05, 0.1) is 5.69 Å². The van der Waals surface area contributed by atoms with Crippen LogP contribution in [0.2, 0.25) is 0 Å². The highest BCUT2D eigenvalue weighted by atomic mass is 32.1. The molecule has 4 nitrogen and oxygen atoms in total. The Morgan fingerprint density at radius 3 is 2.54 bits per heavy atom. The first-order chi connectivity index (χ1) is 11.3. The zero-order valence-electron chi connectivity index (χ0n) is 14.6. The smallest absolute Gasteiger partial charge is 0.258 e. The van der Waals surface area contributed by atoms with Crippen LogP contribution in [0.3, 0.4) is 0 Å². The molecule has 0 saturated carbocycles. The minimum Gasteiger partial charge on any atom is -0.296 e. The number of aromatic nitrogens is 2. The molecular weight excluding hydrogens is 318 g/mol. The fourth-order valence-electron chi connectivity index (χ4n) is 2.72. The van der Waals surface area contributed by atoms with Gasteiger partial charge in [-0.25, -0.2) is 4.98 Å². The Kier molecular flexibility index (Phi) is 4.56. The monoisotopic (exact) mass is 341 g/mol. The van der Waals surface area contributed by atoms with E-state index < -0.39 is 0 Å². The molecule has 0 aliphatic carbocycles. The van der Waals surface area contributed by atoms with Gasteiger partial charge in [0.1, 0.15) is 0 Å². The number of nitrogens with zero attached hydrogens (tertiary/aromatic N) is 3. The fourth-order valence-corrected chi connectivity index (χ4v) is 3.46. The van der Waals surface area contributed by atoms with Gasteiger partial charge in [0, 0.05) is 30.7 Å². The molecule has 5 heteroatoms. The number of hydrogen-bond acceptors (Lipinski definition) is 4. The number of hydrogen-bond donors (Lipinski definition) is 0. The average molecular weight is 341 g/mol. The largest absolute Gasteiger partial charge is 0.296 e. The lowest BCUT2D eigenvalue weighted by molar-refractivity contribution is 0.315. The molecule has 0 aliphatic rings. The van der Waals surface area contributed by atoms with Crippen LogP contribution < -0.4 is 5.56 Å². The van der Waals surface area contributed by atoms with Crippen molar-refractivity contribution in [2.24, 2.45) is 0 Å². The van der Waals surface area contributed by atoms with Crippen molar-refractivity contribution >= 4 is 16.3 Å². The van der Waals surface area contributed by atoms with Gasteiger partial charge in [0.25, 0.3) is 5.56 Å². The Balaban J connectivity index is 1.70. The molecular formula is C19H23N3OS. The Bertz CT molecular complexity index is 887. The van der Waals surface area contributed by atoms with Crippen molar-refractivity contribution in [3.63, 3.8) is 0 Å². The Morgan fingerprint density at radius 2 is 1.88 bits per heavy atom. The minimum absolute atomic E-state index is 0.0146. The third-order valence-electron chi connectivity index (χ3n) is 4.06. The van der Waals surface area contributed by atoms with E-state index in [1.54, 1.807) is 16.7 Å². The summed E-state index contributed by atoms with van der Waals surface area (Å²) >= 11 is 1.48. The third kappa shape index (κ3) is 3.74. The van der Waals surface area contributed by atoms with E-state index in [4.69, 9.17) is 0 Å². The molecule has 1 aromatic carbocycles. The molecule has 2 aromatic heterocycles. The van der Waals surface area contributed by atoms with E-state index in [-0.39, 0.29) is 11.0 Å². The van der Waals surface area contributed by atoms with Crippen LogP contribution in [0.25, 0.3) is 4.96 Å². The summed E-state index contributed by atoms with van der Waals surface area (Å²) in [6.07, 6.45) is 1.76. The SMILES string of the molecule is CN(Cc1ccc(C(C)(C)C)cc1)Cc1cc(=O)n2ccsc2n1. The lowest BCUT2D eigenvalue weighted by Crippen LogP contribution is -2.21. The molecule has 0 unspecified atom stereocenters. The molecule has 0 aliphatic heterocycles. The summed E-state index contributed by atoms with van der Waals surface area (Å²) in [7, 11) is 2.05. The summed E-state index contributed by atoms with van der Waals surface area (Å²) in [5.41, 5.74) is 3.58. The van der Waals surface area contributed by atoms with Gasteiger partial charge in [0.2, 0.25) is 0 Å². The minimum atomic E-state index is -0.0146. The summed E-state index contributed by atoms with van der Waals surface area (Å²) in [5, 5.41) is 1.88. The molecule has 126 valence electrons. The average Bonchev–Trinajstić information content (AvgIpc) is 2.95. The van der Waals surface area contributed by atoms with Crippen LogP contribution in [-0.2, 0) is 18.5 Å². The lowest BCUT2D eigenvalue weighted by atomic mass is 9.87. The topological polar surface area (TPSA) is 37.6 Å². The number of fused-ring (bicyclic) bond motifs is 1. The summed E-state index contributed by atoms with van der Waals surface area (Å²) in [6.45, 7) is 8.15. The first kappa shape index (κ1) is 16.9. The summed E-state index contributed by atoms with van der Waals surface area (Å²) in [5.74, 6) is 0. The van der Waals surface area contributed by atoms with Crippen LogP contribution in [-0.4, -0.2) is 21.3 Å². The molecule has 0 saturated heterocycles. The Labute approximate surface area is 146 Å². The zero-order chi connectivity index (χ0) is 17.3. The molecule has 3 aromatic rings. The molecule has 0 fully saturated rings. The first-order valence-electron chi connectivity index (χ1n) is 8.07. The lowest BCUT2D eigenvalue weighted by Gasteiger charge is -2.20. The summed E-state index contributed by atoms with van der Waals surface area (Å²) in [6, 6.07) is 10.4. The van der Waals surface area contributed by atoms with Crippen LogP contribution in [0.4, 0.5) is 0 Å². The zero-order valence-corrected chi connectivity index (χ0v) is 15.4. The molecule has 0 amide bonds. The standard InChI is InChI=1S/C19H23N3OS/c1-19(2,3)15-7-5-14(6-8-15)12-21(4)13-16-11-17(23)22-9-10-24-18(22)20-16/h5-11H,12-13H2,1-4H3. The molecule has 3 rings (SSSR count). The quantitative estimate of drug-likeness (QED) is 0.726. The van der Waals surface area contributed by atoms with Crippen molar-refractivity contribution in [1.29, 1.82) is 0 Å². The van der Waals surface area contributed by atoms with Crippen LogP contribution in [0.15, 0.2) is 46.7 Å². The van der Waals surface area contributed by atoms with Crippen molar-refractivity contribution in [3.05, 3.63) is 69.1 Å². The van der Waals surface area contributed by atoms with Crippen LogP contribution in [0.1, 0.15) is 37.6 Å². The van der Waals surface area contributed by atoms with Crippen LogP contribution in [0, 0.1) is 0 Å². The molecule has 0 N–H and O–H groups in total. The van der Waals surface area contributed by atoms with E-state index in [1.807, 2.05) is 5.38 Å². The summed E-state index contributed by atoms with van der Waals surface area (Å²) < 4.78 is 1.58. The maximum atomic E-state index is 12.0. The van der Waals surface area contributed by atoms with Crippen molar-refractivity contribution in [2.75, 3.05) is 7.05 Å². The first-order valence-corrected chi connectivity index (χ1v) is 8.95. The predicted molar refractivity (Wildman–Crippen MR) is 99.7 cm³/mol. The van der Waals surface area contributed by atoms with Gasteiger partial charge >= 0.3 is 0 Å². The van der Waals surface area contributed by atoms with E-state index in [0.29, 0.717) is 6.54 Å². The Hall–Kier alpha value is -1.98. The number of thiazole rings is 1. The van der Waals surface area contributed by atoms with Crippen molar-refractivity contribution in [2.45, 2.75) is 39.3 Å². The fraction of sp³-hybridized carbons (Fsp3) is 0.368. The van der Waals surface area contributed by atoms with E-state index >= 15 is 0 Å². The molecule has 0 spiro atoms. The van der Waals surface area contributed by atoms with E-state index in [0.717, 1.165) is 17.2 Å². The molecule has 0 atom stereocenters. The van der Waals surface area contributed by atoms with Gasteiger partial charge in [0.15, 0.2) is 4.96 Å². The van der Waals surface area contributed by atoms with Crippen LogP contribution >= 0.6 is 11.3 Å². The summed E-state index contributed by atoms with van der Waals surface area (Å²) in [4.78, 5) is 19.5. The molecule has 0 radical (unpaired) electrons. The predicted octanol–water partition coefficient (Wildman–Crippen LogP) is 3.69. The highest BCUT2D eigenvalue weighted by molar-refractivity contribution is 7.15. The van der Waals surface area contributed by atoms with E-state index in [2.05, 4.69) is 62.0 Å². The van der Waals surface area contributed by atoms with Crippen molar-refractivity contribution in [1.82, 2.24) is 14.3 Å². The molecule has 24 heavy (non-hydrogen) atoms. The molecule has 0 bridgehead atoms. The van der Waals surface area contributed by atoms with Crippen molar-refractivity contribution in [3.8, 4) is 0 Å². The number of rotatable bonds is 4. The maximum Gasteiger partial charge on any atom is 0.258 e. The Morgan fingerprint density at radius 1 is 1.17 bits per heavy atom. The second-order valence-electron chi connectivity index (χ2n) is 7.26. The van der Waals surface area contributed by atoms with Gasteiger partial charge in [-0.1, -0.05) is 45.0 Å². The highest BCUT2D eigenvalue weighted by Crippen LogP contribution is 2.22. The van der Waals surface area contributed by atoms with Gasteiger partial charge in [-0.15, -0.1) is 11.3 Å². The highest BCUT2D eigenvalue weighted by Gasteiger charge is 2.13. The van der Waals surface area contributed by atoms with Gasteiger partial charge in [-0.2, -0.15) is 0 Å². The van der Waals surface area contributed by atoms with E-state index in [9.17, 15) is 4.79 Å². The van der Waals surface area contributed by atoms with Gasteiger partial charge < -0.3 is 0 Å². The van der Waals surface area contributed by atoms with Crippen molar-refractivity contribution < 1.29 is 0 Å². The van der Waals surface area contributed by atoms with E-state index in [1.165, 1.54) is 22.5 Å². The second-order valence-corrected chi connectivity index (χ2v) is 8.13. The normalized spacial score (nSPS) is 12.2. The maximum absolute atomic E-state index is 12.0.